The summed E-state index contributed by atoms with van der Waals surface area (Å²) in [5, 5.41) is 10.1. The van der Waals surface area contributed by atoms with Crippen LogP contribution in [0.4, 0.5) is 4.39 Å². The second kappa shape index (κ2) is 7.60. The van der Waals surface area contributed by atoms with E-state index < -0.39 is 5.82 Å². The number of aromatic hydroxyl groups is 1. The van der Waals surface area contributed by atoms with Gasteiger partial charge in [0, 0.05) is 37.5 Å². The number of benzene rings is 1. The monoisotopic (exact) mass is 391 g/mol. The number of aromatic nitrogens is 2. The summed E-state index contributed by atoms with van der Waals surface area (Å²) >= 11 is 5.86. The Balaban J connectivity index is 1.54. The molecule has 2 aromatic rings. The SMILES string of the molecule is O=c1[nH]c(C2CCCCC2)nc2c1CN(Cc1cc(F)cc(Cl)c1O)CC2. The molecule has 144 valence electrons. The van der Waals surface area contributed by atoms with Crippen LogP contribution in [-0.4, -0.2) is 26.5 Å². The number of phenols is 1. The van der Waals surface area contributed by atoms with E-state index in [-0.39, 0.29) is 16.3 Å². The van der Waals surface area contributed by atoms with Crippen LogP contribution in [0.1, 0.15) is 60.7 Å². The Kier molecular flexibility index (Phi) is 5.19. The average molecular weight is 392 g/mol. The lowest BCUT2D eigenvalue weighted by atomic mass is 9.88. The van der Waals surface area contributed by atoms with Gasteiger partial charge in [-0.05, 0) is 25.0 Å². The first-order valence-electron chi connectivity index (χ1n) is 9.52. The highest BCUT2D eigenvalue weighted by molar-refractivity contribution is 6.32. The van der Waals surface area contributed by atoms with Crippen molar-refractivity contribution in [3.8, 4) is 5.75 Å². The Hall–Kier alpha value is -1.92. The van der Waals surface area contributed by atoms with Crippen LogP contribution in [0, 0.1) is 5.82 Å². The van der Waals surface area contributed by atoms with Crippen LogP contribution in [0.3, 0.4) is 0 Å². The van der Waals surface area contributed by atoms with Crippen molar-refractivity contribution < 1.29 is 9.50 Å². The van der Waals surface area contributed by atoms with E-state index in [1.165, 1.54) is 25.3 Å². The van der Waals surface area contributed by atoms with E-state index in [1.54, 1.807) is 0 Å². The molecule has 27 heavy (non-hydrogen) atoms. The quantitative estimate of drug-likeness (QED) is 0.833. The summed E-state index contributed by atoms with van der Waals surface area (Å²) in [4.78, 5) is 22.4. The number of phenolic OH excluding ortho intramolecular Hbond substituents is 1. The smallest absolute Gasteiger partial charge is 0.255 e. The molecule has 5 nitrogen and oxygen atoms in total. The van der Waals surface area contributed by atoms with E-state index in [0.717, 1.165) is 30.4 Å². The molecule has 2 aliphatic rings. The van der Waals surface area contributed by atoms with Gasteiger partial charge in [0.2, 0.25) is 0 Å². The van der Waals surface area contributed by atoms with E-state index in [4.69, 9.17) is 16.6 Å². The van der Waals surface area contributed by atoms with Gasteiger partial charge in [-0.2, -0.15) is 0 Å². The molecule has 1 aliphatic carbocycles. The van der Waals surface area contributed by atoms with Crippen LogP contribution in [0.15, 0.2) is 16.9 Å². The Morgan fingerprint density at radius 2 is 2.07 bits per heavy atom. The molecule has 1 aromatic heterocycles. The van der Waals surface area contributed by atoms with E-state index in [0.29, 0.717) is 43.1 Å². The third-order valence-electron chi connectivity index (χ3n) is 5.66. The summed E-state index contributed by atoms with van der Waals surface area (Å²) in [6.45, 7) is 1.45. The molecule has 0 radical (unpaired) electrons. The minimum Gasteiger partial charge on any atom is -0.506 e. The zero-order chi connectivity index (χ0) is 19.0. The summed E-state index contributed by atoms with van der Waals surface area (Å²) in [7, 11) is 0. The lowest BCUT2D eigenvalue weighted by Gasteiger charge is -2.29. The fraction of sp³-hybridized carbons (Fsp3) is 0.500. The lowest BCUT2D eigenvalue weighted by molar-refractivity contribution is 0.237. The number of nitrogens with one attached hydrogen (secondary N) is 1. The number of H-pyrrole nitrogens is 1. The van der Waals surface area contributed by atoms with Crippen LogP contribution >= 0.6 is 11.6 Å². The summed E-state index contributed by atoms with van der Waals surface area (Å²) < 4.78 is 13.6. The molecule has 0 amide bonds. The number of rotatable bonds is 3. The van der Waals surface area contributed by atoms with Crippen molar-refractivity contribution in [2.45, 2.75) is 57.5 Å². The van der Waals surface area contributed by atoms with Crippen LogP contribution in [-0.2, 0) is 19.5 Å². The van der Waals surface area contributed by atoms with Gasteiger partial charge in [-0.3, -0.25) is 9.69 Å². The molecule has 4 rings (SSSR count). The summed E-state index contributed by atoms with van der Waals surface area (Å²) in [6, 6.07) is 2.37. The van der Waals surface area contributed by atoms with Crippen molar-refractivity contribution in [2.75, 3.05) is 6.54 Å². The number of aromatic amines is 1. The standard InChI is InChI=1S/C20H23ClFN3O2/c21-16-9-14(22)8-13(18(16)26)10-25-7-6-17-15(11-25)20(27)24-19(23-17)12-4-2-1-3-5-12/h8-9,12,26H,1-7,10-11H2,(H,23,24,27). The zero-order valence-corrected chi connectivity index (χ0v) is 15.9. The largest absolute Gasteiger partial charge is 0.506 e. The topological polar surface area (TPSA) is 69.2 Å². The number of halogens is 2. The van der Waals surface area contributed by atoms with Crippen molar-refractivity contribution in [1.82, 2.24) is 14.9 Å². The van der Waals surface area contributed by atoms with Gasteiger partial charge in [-0.25, -0.2) is 9.37 Å². The van der Waals surface area contributed by atoms with Gasteiger partial charge in [-0.15, -0.1) is 0 Å². The van der Waals surface area contributed by atoms with Gasteiger partial charge in [0.05, 0.1) is 16.3 Å². The van der Waals surface area contributed by atoms with Crippen LogP contribution in [0.2, 0.25) is 5.02 Å². The van der Waals surface area contributed by atoms with Crippen molar-refractivity contribution in [3.63, 3.8) is 0 Å². The van der Waals surface area contributed by atoms with Gasteiger partial charge in [0.1, 0.15) is 17.4 Å². The molecule has 1 saturated carbocycles. The average Bonchev–Trinajstić information content (AvgIpc) is 2.67. The highest BCUT2D eigenvalue weighted by Gasteiger charge is 2.25. The maximum Gasteiger partial charge on any atom is 0.255 e. The Bertz CT molecular complexity index is 909. The Morgan fingerprint density at radius 3 is 2.85 bits per heavy atom. The molecule has 0 unspecified atom stereocenters. The minimum absolute atomic E-state index is 0.000882. The molecule has 0 spiro atoms. The zero-order valence-electron chi connectivity index (χ0n) is 15.1. The molecule has 0 atom stereocenters. The molecule has 0 saturated heterocycles. The van der Waals surface area contributed by atoms with Gasteiger partial charge < -0.3 is 10.1 Å². The number of nitrogens with zero attached hydrogens (tertiary/aromatic N) is 2. The highest BCUT2D eigenvalue weighted by atomic mass is 35.5. The van der Waals surface area contributed by atoms with Gasteiger partial charge in [-0.1, -0.05) is 30.9 Å². The lowest BCUT2D eigenvalue weighted by Crippen LogP contribution is -2.36. The van der Waals surface area contributed by atoms with E-state index >= 15 is 0 Å². The maximum absolute atomic E-state index is 13.6. The van der Waals surface area contributed by atoms with Gasteiger partial charge in [0.25, 0.3) is 5.56 Å². The third-order valence-corrected chi connectivity index (χ3v) is 5.95. The first-order valence-corrected chi connectivity index (χ1v) is 9.90. The van der Waals surface area contributed by atoms with Crippen LogP contribution in [0.5, 0.6) is 5.75 Å². The molecule has 1 fully saturated rings. The molecule has 2 heterocycles. The van der Waals surface area contributed by atoms with Crippen LogP contribution in [0.25, 0.3) is 0 Å². The molecule has 1 aliphatic heterocycles. The molecular formula is C20H23ClFN3O2. The third kappa shape index (κ3) is 3.87. The summed E-state index contributed by atoms with van der Waals surface area (Å²) in [5.74, 6) is 0.605. The molecule has 0 bridgehead atoms. The second-order valence-corrected chi connectivity index (χ2v) is 7.97. The summed E-state index contributed by atoms with van der Waals surface area (Å²) in [6.07, 6.45) is 6.50. The number of hydrogen-bond acceptors (Lipinski definition) is 4. The number of fused-ring (bicyclic) bond motifs is 1. The minimum atomic E-state index is -0.484. The van der Waals surface area contributed by atoms with Crippen molar-refractivity contribution in [2.24, 2.45) is 0 Å². The maximum atomic E-state index is 13.6. The van der Waals surface area contributed by atoms with E-state index in [9.17, 15) is 14.3 Å². The van der Waals surface area contributed by atoms with E-state index in [1.807, 2.05) is 4.90 Å². The summed E-state index contributed by atoms with van der Waals surface area (Å²) in [5.41, 5.74) is 1.89. The molecular weight excluding hydrogens is 369 g/mol. The second-order valence-electron chi connectivity index (χ2n) is 7.57. The fourth-order valence-electron chi connectivity index (χ4n) is 4.19. The molecule has 7 heteroatoms. The fourth-order valence-corrected chi connectivity index (χ4v) is 4.41. The molecule has 2 N–H and O–H groups in total. The normalized spacial score (nSPS) is 18.4. The van der Waals surface area contributed by atoms with Crippen molar-refractivity contribution in [1.29, 1.82) is 0 Å². The molecule has 1 aromatic carbocycles. The Labute approximate surface area is 162 Å². The predicted octanol–water partition coefficient (Wildman–Crippen LogP) is 3.87. The first kappa shape index (κ1) is 18.4. The predicted molar refractivity (Wildman–Crippen MR) is 102 cm³/mol. The van der Waals surface area contributed by atoms with Crippen LogP contribution < -0.4 is 5.56 Å². The van der Waals surface area contributed by atoms with Crippen molar-refractivity contribution in [3.05, 3.63) is 56.0 Å². The van der Waals surface area contributed by atoms with E-state index in [2.05, 4.69) is 4.98 Å². The van der Waals surface area contributed by atoms with Crippen molar-refractivity contribution >= 4 is 11.6 Å². The Morgan fingerprint density at radius 1 is 1.30 bits per heavy atom. The number of hydrogen-bond donors (Lipinski definition) is 2. The van der Waals surface area contributed by atoms with Gasteiger partial charge in [0.15, 0.2) is 0 Å². The van der Waals surface area contributed by atoms with Gasteiger partial charge >= 0.3 is 0 Å². The first-order chi connectivity index (χ1) is 13.0. The highest BCUT2D eigenvalue weighted by Crippen LogP contribution is 2.32.